The third-order valence-corrected chi connectivity index (χ3v) is 4.67. The summed E-state index contributed by atoms with van der Waals surface area (Å²) >= 11 is 0.657. The first-order chi connectivity index (χ1) is 12.8. The number of ether oxygens (including phenoxy) is 2. The Labute approximate surface area is 159 Å². The molecule has 1 aromatic carbocycles. The maximum atomic E-state index is 12.4. The fourth-order valence-corrected chi connectivity index (χ4v) is 3.04. The summed E-state index contributed by atoms with van der Waals surface area (Å²) in [5.41, 5.74) is 0.0952. The van der Waals surface area contributed by atoms with Gasteiger partial charge in [0.2, 0.25) is 0 Å². The Bertz CT molecular complexity index is 821. The van der Waals surface area contributed by atoms with Crippen molar-refractivity contribution in [2.45, 2.75) is 26.4 Å². The van der Waals surface area contributed by atoms with Gasteiger partial charge in [-0.25, -0.2) is 0 Å². The zero-order valence-corrected chi connectivity index (χ0v) is 15.8. The molecule has 0 N–H and O–H groups in total. The molecule has 2 amide bonds. The van der Waals surface area contributed by atoms with Crippen LogP contribution in [0.3, 0.4) is 0 Å². The van der Waals surface area contributed by atoms with Crippen LogP contribution in [0, 0.1) is 10.1 Å². The number of imide groups is 1. The molecule has 27 heavy (non-hydrogen) atoms. The molecule has 144 valence electrons. The number of hydrogen-bond acceptors (Lipinski definition) is 8. The van der Waals surface area contributed by atoms with Crippen LogP contribution < -0.4 is 4.74 Å². The van der Waals surface area contributed by atoms with Gasteiger partial charge in [-0.05, 0) is 42.8 Å². The minimum absolute atomic E-state index is 0.0656. The molecule has 0 saturated carbocycles. The smallest absolute Gasteiger partial charge is 0.326 e. The lowest BCUT2D eigenvalue weighted by Crippen LogP contribution is -2.35. The molecule has 1 atom stereocenters. The van der Waals surface area contributed by atoms with Crippen molar-refractivity contribution >= 4 is 40.6 Å². The number of methoxy groups -OCH3 is 1. The van der Waals surface area contributed by atoms with Crippen LogP contribution in [0.15, 0.2) is 23.1 Å². The van der Waals surface area contributed by atoms with Crippen molar-refractivity contribution in [3.63, 3.8) is 0 Å². The number of thioether (sulfide) groups is 1. The molecule has 1 fully saturated rings. The van der Waals surface area contributed by atoms with E-state index in [1.165, 1.54) is 31.4 Å². The number of esters is 1. The van der Waals surface area contributed by atoms with Gasteiger partial charge in [-0.2, -0.15) is 0 Å². The number of benzene rings is 1. The molecule has 0 unspecified atom stereocenters. The highest BCUT2D eigenvalue weighted by atomic mass is 32.2. The summed E-state index contributed by atoms with van der Waals surface area (Å²) < 4.78 is 10.00. The number of nitrogens with zero attached hydrogens (tertiary/aromatic N) is 2. The summed E-state index contributed by atoms with van der Waals surface area (Å²) in [6, 6.07) is 4.17. The Morgan fingerprint density at radius 1 is 1.41 bits per heavy atom. The molecule has 10 heteroatoms. The maximum absolute atomic E-state index is 12.4. The van der Waals surface area contributed by atoms with Gasteiger partial charge in [0.05, 0.1) is 23.0 Å². The van der Waals surface area contributed by atoms with E-state index in [9.17, 15) is 24.5 Å². The minimum atomic E-state index is -0.673. The van der Waals surface area contributed by atoms with E-state index in [4.69, 9.17) is 9.47 Å². The third kappa shape index (κ3) is 4.85. The number of carbonyl (C=O) groups excluding carboxylic acids is 3. The molecule has 0 spiro atoms. The monoisotopic (exact) mass is 394 g/mol. The molecule has 0 radical (unpaired) electrons. The fourth-order valence-electron chi connectivity index (χ4n) is 2.20. The molecule has 9 nitrogen and oxygen atoms in total. The highest BCUT2D eigenvalue weighted by molar-refractivity contribution is 8.18. The van der Waals surface area contributed by atoms with Crippen molar-refractivity contribution in [2.75, 3.05) is 13.7 Å². The second-order valence-electron chi connectivity index (χ2n) is 5.66. The van der Waals surface area contributed by atoms with E-state index in [1.807, 2.05) is 6.92 Å². The zero-order chi connectivity index (χ0) is 20.1. The fraction of sp³-hybridized carbons (Fsp3) is 0.353. The second kappa shape index (κ2) is 8.67. The van der Waals surface area contributed by atoms with E-state index in [-0.39, 0.29) is 22.4 Å². The Hall–Kier alpha value is -2.88. The lowest BCUT2D eigenvalue weighted by Gasteiger charge is -2.14. The van der Waals surface area contributed by atoms with Crippen molar-refractivity contribution in [3.8, 4) is 5.75 Å². The highest BCUT2D eigenvalue weighted by Crippen LogP contribution is 2.34. The molecule has 1 aromatic rings. The van der Waals surface area contributed by atoms with Crippen LogP contribution in [-0.4, -0.2) is 46.7 Å². The number of hydrogen-bond donors (Lipinski definition) is 0. The first kappa shape index (κ1) is 20.4. The van der Waals surface area contributed by atoms with Crippen molar-refractivity contribution in [1.82, 2.24) is 4.90 Å². The van der Waals surface area contributed by atoms with Crippen molar-refractivity contribution in [3.05, 3.63) is 38.8 Å². The summed E-state index contributed by atoms with van der Waals surface area (Å²) in [5.74, 6) is -1.24. The molecule has 1 aliphatic heterocycles. The highest BCUT2D eigenvalue weighted by Gasteiger charge is 2.37. The number of nitro groups is 1. The molecule has 0 aliphatic carbocycles. The van der Waals surface area contributed by atoms with E-state index in [1.54, 1.807) is 6.92 Å². The van der Waals surface area contributed by atoms with Gasteiger partial charge in [0.15, 0.2) is 5.75 Å². The van der Waals surface area contributed by atoms with Gasteiger partial charge >= 0.3 is 11.7 Å². The molecular weight excluding hydrogens is 376 g/mol. The van der Waals surface area contributed by atoms with Crippen molar-refractivity contribution < 1.29 is 28.8 Å². The predicted octanol–water partition coefficient (Wildman–Crippen LogP) is 2.98. The SMILES string of the molecule is CC[C@@H](C)OC(=O)CN1C(=O)S/C(=C/c2ccc(OC)c([N+](=O)[O-])c2)C1=O. The Morgan fingerprint density at radius 3 is 2.70 bits per heavy atom. The maximum Gasteiger partial charge on any atom is 0.326 e. The van der Waals surface area contributed by atoms with Crippen LogP contribution in [0.4, 0.5) is 10.5 Å². The Kier molecular flexibility index (Phi) is 6.56. The van der Waals surface area contributed by atoms with E-state index >= 15 is 0 Å². The number of rotatable bonds is 7. The van der Waals surface area contributed by atoms with Crippen LogP contribution >= 0.6 is 11.8 Å². The van der Waals surface area contributed by atoms with Crippen LogP contribution in [0.5, 0.6) is 5.75 Å². The summed E-state index contributed by atoms with van der Waals surface area (Å²) in [7, 11) is 1.31. The minimum Gasteiger partial charge on any atom is -0.490 e. The predicted molar refractivity (Wildman–Crippen MR) is 98.2 cm³/mol. The molecule has 0 bridgehead atoms. The number of amides is 2. The molecule has 2 rings (SSSR count). The number of carbonyl (C=O) groups is 3. The van der Waals surface area contributed by atoms with Gasteiger partial charge in [-0.1, -0.05) is 13.0 Å². The topological polar surface area (TPSA) is 116 Å². The largest absolute Gasteiger partial charge is 0.490 e. The van der Waals surface area contributed by atoms with Gasteiger partial charge in [-0.15, -0.1) is 0 Å². The standard InChI is InChI=1S/C17H18N2O7S/c1-4-10(2)26-15(20)9-18-16(21)14(27-17(18)22)8-11-5-6-13(25-3)12(7-11)19(23)24/h5-8,10H,4,9H2,1-3H3/b14-8+/t10-/m1/s1. The van der Waals surface area contributed by atoms with E-state index in [2.05, 4.69) is 0 Å². The van der Waals surface area contributed by atoms with Gasteiger partial charge < -0.3 is 9.47 Å². The summed E-state index contributed by atoms with van der Waals surface area (Å²) in [5, 5.41) is 10.5. The average Bonchev–Trinajstić information content (AvgIpc) is 2.88. The van der Waals surface area contributed by atoms with Crippen LogP contribution in [0.1, 0.15) is 25.8 Å². The Morgan fingerprint density at radius 2 is 2.11 bits per heavy atom. The lowest BCUT2D eigenvalue weighted by molar-refractivity contribution is -0.385. The second-order valence-corrected chi connectivity index (χ2v) is 6.66. The summed E-state index contributed by atoms with van der Waals surface area (Å²) in [6.45, 7) is 3.08. The van der Waals surface area contributed by atoms with Crippen LogP contribution in [0.2, 0.25) is 0 Å². The van der Waals surface area contributed by atoms with Crippen LogP contribution in [0.25, 0.3) is 6.08 Å². The van der Waals surface area contributed by atoms with Crippen LogP contribution in [-0.2, 0) is 14.3 Å². The molecule has 1 heterocycles. The summed E-state index contributed by atoms with van der Waals surface area (Å²) in [6.07, 6.45) is 1.66. The van der Waals surface area contributed by atoms with Crippen molar-refractivity contribution in [2.24, 2.45) is 0 Å². The summed E-state index contributed by atoms with van der Waals surface area (Å²) in [4.78, 5) is 47.6. The lowest BCUT2D eigenvalue weighted by atomic mass is 10.1. The molecule has 1 saturated heterocycles. The number of nitro benzene ring substituents is 1. The zero-order valence-electron chi connectivity index (χ0n) is 15.0. The van der Waals surface area contributed by atoms with Crippen molar-refractivity contribution in [1.29, 1.82) is 0 Å². The molecule has 1 aliphatic rings. The van der Waals surface area contributed by atoms with Gasteiger partial charge in [-0.3, -0.25) is 29.4 Å². The normalized spacial score (nSPS) is 16.6. The first-order valence-corrected chi connectivity index (χ1v) is 8.85. The van der Waals surface area contributed by atoms with Gasteiger partial charge in [0.1, 0.15) is 6.54 Å². The van der Waals surface area contributed by atoms with Gasteiger partial charge in [0, 0.05) is 6.07 Å². The molecule has 0 aromatic heterocycles. The van der Waals surface area contributed by atoms with E-state index in [0.29, 0.717) is 23.7 Å². The first-order valence-electron chi connectivity index (χ1n) is 8.04. The Balaban J connectivity index is 2.20. The molecular formula is C17H18N2O7S. The van der Waals surface area contributed by atoms with Gasteiger partial charge in [0.25, 0.3) is 11.1 Å². The average molecular weight is 394 g/mol. The third-order valence-electron chi connectivity index (χ3n) is 3.77. The quantitative estimate of drug-likeness (QED) is 0.300. The van der Waals surface area contributed by atoms with E-state index in [0.717, 1.165) is 4.90 Å². The van der Waals surface area contributed by atoms with E-state index < -0.39 is 28.6 Å².